The standard InChI is InChI=1S/C9H15ClN2S/c1-9(2,11)8(12-3)6-4-5-7(10)13-6/h4-5,8,12H,11H2,1-3H3. The second-order valence-corrected chi connectivity index (χ2v) is 5.43. The van der Waals surface area contributed by atoms with E-state index in [1.807, 2.05) is 33.0 Å². The molecule has 0 fully saturated rings. The van der Waals surface area contributed by atoms with Crippen molar-refractivity contribution in [3.63, 3.8) is 0 Å². The fraction of sp³-hybridized carbons (Fsp3) is 0.556. The molecule has 4 heteroatoms. The minimum absolute atomic E-state index is 0.157. The fourth-order valence-corrected chi connectivity index (χ4v) is 2.73. The molecule has 0 amide bonds. The molecule has 1 heterocycles. The van der Waals surface area contributed by atoms with Gasteiger partial charge < -0.3 is 11.1 Å². The van der Waals surface area contributed by atoms with Gasteiger partial charge in [0.05, 0.1) is 10.4 Å². The van der Waals surface area contributed by atoms with Crippen molar-refractivity contribution in [2.24, 2.45) is 5.73 Å². The first-order chi connectivity index (χ1) is 5.95. The Morgan fingerprint density at radius 3 is 2.46 bits per heavy atom. The molecule has 0 aliphatic carbocycles. The van der Waals surface area contributed by atoms with Crippen molar-refractivity contribution in [3.8, 4) is 0 Å². The van der Waals surface area contributed by atoms with Gasteiger partial charge in [-0.2, -0.15) is 0 Å². The molecular formula is C9H15ClN2S. The minimum atomic E-state index is -0.275. The van der Waals surface area contributed by atoms with Crippen LogP contribution in [0.15, 0.2) is 12.1 Å². The number of rotatable bonds is 3. The van der Waals surface area contributed by atoms with Crippen molar-refractivity contribution in [3.05, 3.63) is 21.3 Å². The van der Waals surface area contributed by atoms with Crippen molar-refractivity contribution >= 4 is 22.9 Å². The predicted octanol–water partition coefficient (Wildman–Crippen LogP) is 2.40. The highest BCUT2D eigenvalue weighted by Gasteiger charge is 2.26. The molecule has 0 bridgehead atoms. The lowest BCUT2D eigenvalue weighted by atomic mass is 9.95. The van der Waals surface area contributed by atoms with Gasteiger partial charge in [0.1, 0.15) is 0 Å². The molecule has 74 valence electrons. The Balaban J connectivity index is 2.91. The first-order valence-corrected chi connectivity index (χ1v) is 5.36. The summed E-state index contributed by atoms with van der Waals surface area (Å²) in [7, 11) is 1.91. The van der Waals surface area contributed by atoms with Gasteiger partial charge in [-0.05, 0) is 33.0 Å². The van der Waals surface area contributed by atoms with E-state index in [0.29, 0.717) is 0 Å². The molecule has 0 spiro atoms. The van der Waals surface area contributed by atoms with Gasteiger partial charge in [-0.1, -0.05) is 11.6 Å². The van der Waals surface area contributed by atoms with Gasteiger partial charge in [-0.25, -0.2) is 0 Å². The zero-order chi connectivity index (χ0) is 10.1. The number of hydrogen-bond donors (Lipinski definition) is 2. The second kappa shape index (κ2) is 3.96. The summed E-state index contributed by atoms with van der Waals surface area (Å²) >= 11 is 7.43. The third-order valence-corrected chi connectivity index (χ3v) is 3.21. The molecule has 1 unspecified atom stereocenters. The first-order valence-electron chi connectivity index (χ1n) is 4.16. The molecule has 13 heavy (non-hydrogen) atoms. The summed E-state index contributed by atoms with van der Waals surface area (Å²) in [5.41, 5.74) is 5.76. The fourth-order valence-electron chi connectivity index (χ4n) is 1.36. The Labute approximate surface area is 88.1 Å². The van der Waals surface area contributed by atoms with E-state index in [-0.39, 0.29) is 11.6 Å². The van der Waals surface area contributed by atoms with Crippen LogP contribution >= 0.6 is 22.9 Å². The van der Waals surface area contributed by atoms with Gasteiger partial charge in [-0.3, -0.25) is 0 Å². The Bertz CT molecular complexity index is 277. The summed E-state index contributed by atoms with van der Waals surface area (Å²) in [6, 6.07) is 4.07. The van der Waals surface area contributed by atoms with Crippen LogP contribution in [0.25, 0.3) is 0 Å². The normalized spacial score (nSPS) is 14.5. The van der Waals surface area contributed by atoms with Gasteiger partial charge in [0.15, 0.2) is 0 Å². The van der Waals surface area contributed by atoms with Crippen molar-refractivity contribution in [1.82, 2.24) is 5.32 Å². The monoisotopic (exact) mass is 218 g/mol. The van der Waals surface area contributed by atoms with Crippen LogP contribution in [0, 0.1) is 0 Å². The number of nitrogens with two attached hydrogens (primary N) is 1. The van der Waals surface area contributed by atoms with Crippen molar-refractivity contribution in [2.45, 2.75) is 25.4 Å². The number of likely N-dealkylation sites (N-methyl/N-ethyl adjacent to an activating group) is 1. The lowest BCUT2D eigenvalue weighted by molar-refractivity contribution is 0.375. The average Bonchev–Trinajstić information content (AvgIpc) is 2.34. The second-order valence-electron chi connectivity index (χ2n) is 3.68. The maximum absolute atomic E-state index is 6.03. The Hall–Kier alpha value is -0.0900. The van der Waals surface area contributed by atoms with Crippen LogP contribution in [-0.4, -0.2) is 12.6 Å². The van der Waals surface area contributed by atoms with Crippen LogP contribution < -0.4 is 11.1 Å². The highest BCUT2D eigenvalue weighted by Crippen LogP contribution is 2.31. The summed E-state index contributed by atoms with van der Waals surface area (Å²) in [6.45, 7) is 4.00. The van der Waals surface area contributed by atoms with E-state index >= 15 is 0 Å². The smallest absolute Gasteiger partial charge is 0.0931 e. The van der Waals surface area contributed by atoms with Crippen molar-refractivity contribution in [2.75, 3.05) is 7.05 Å². The maximum atomic E-state index is 6.03. The molecule has 1 atom stereocenters. The van der Waals surface area contributed by atoms with E-state index in [1.54, 1.807) is 11.3 Å². The van der Waals surface area contributed by atoms with E-state index in [0.717, 1.165) is 4.34 Å². The van der Waals surface area contributed by atoms with Gasteiger partial charge in [-0.15, -0.1) is 11.3 Å². The van der Waals surface area contributed by atoms with Crippen molar-refractivity contribution < 1.29 is 0 Å². The lowest BCUT2D eigenvalue weighted by Gasteiger charge is -2.29. The van der Waals surface area contributed by atoms with Crippen LogP contribution in [-0.2, 0) is 0 Å². The minimum Gasteiger partial charge on any atom is -0.324 e. The maximum Gasteiger partial charge on any atom is 0.0931 e. The summed E-state index contributed by atoms with van der Waals surface area (Å²) in [4.78, 5) is 1.18. The first kappa shape index (κ1) is 11.0. The molecule has 1 aromatic rings. The zero-order valence-electron chi connectivity index (χ0n) is 8.10. The topological polar surface area (TPSA) is 38.0 Å². The number of halogens is 1. The van der Waals surface area contributed by atoms with Gasteiger partial charge in [0, 0.05) is 10.4 Å². The highest BCUT2D eigenvalue weighted by molar-refractivity contribution is 7.16. The zero-order valence-corrected chi connectivity index (χ0v) is 9.67. The van der Waals surface area contributed by atoms with E-state index in [2.05, 4.69) is 5.32 Å². The SMILES string of the molecule is CNC(c1ccc(Cl)s1)C(C)(C)N. The summed E-state index contributed by atoms with van der Waals surface area (Å²) in [5.74, 6) is 0. The van der Waals surface area contributed by atoms with E-state index in [9.17, 15) is 0 Å². The molecule has 0 saturated heterocycles. The number of hydrogen-bond acceptors (Lipinski definition) is 3. The predicted molar refractivity (Wildman–Crippen MR) is 59.4 cm³/mol. The van der Waals surface area contributed by atoms with Crippen LogP contribution in [0.4, 0.5) is 0 Å². The molecule has 0 aromatic carbocycles. The molecule has 0 radical (unpaired) electrons. The summed E-state index contributed by atoms with van der Waals surface area (Å²) < 4.78 is 0.805. The van der Waals surface area contributed by atoms with Crippen LogP contribution in [0.5, 0.6) is 0 Å². The molecule has 3 N–H and O–H groups in total. The highest BCUT2D eigenvalue weighted by atomic mass is 35.5. The third kappa shape index (κ3) is 2.68. The number of thiophene rings is 1. The molecule has 0 saturated carbocycles. The van der Waals surface area contributed by atoms with Gasteiger partial charge >= 0.3 is 0 Å². The molecule has 0 aliphatic rings. The summed E-state index contributed by atoms with van der Waals surface area (Å²) in [6.07, 6.45) is 0. The van der Waals surface area contributed by atoms with E-state index in [4.69, 9.17) is 17.3 Å². The lowest BCUT2D eigenvalue weighted by Crippen LogP contribution is -2.44. The molecule has 1 rings (SSSR count). The Morgan fingerprint density at radius 1 is 1.54 bits per heavy atom. The Morgan fingerprint density at radius 2 is 2.15 bits per heavy atom. The molecule has 1 aromatic heterocycles. The van der Waals surface area contributed by atoms with Gasteiger partial charge in [0.2, 0.25) is 0 Å². The van der Waals surface area contributed by atoms with Crippen LogP contribution in [0.1, 0.15) is 24.8 Å². The van der Waals surface area contributed by atoms with Crippen LogP contribution in [0.2, 0.25) is 4.34 Å². The Kier molecular flexibility index (Phi) is 3.35. The van der Waals surface area contributed by atoms with Crippen LogP contribution in [0.3, 0.4) is 0 Å². The number of nitrogens with one attached hydrogen (secondary N) is 1. The summed E-state index contributed by atoms with van der Waals surface area (Å²) in [5, 5.41) is 3.20. The quantitative estimate of drug-likeness (QED) is 0.818. The van der Waals surface area contributed by atoms with E-state index in [1.165, 1.54) is 4.88 Å². The molecule has 2 nitrogen and oxygen atoms in total. The largest absolute Gasteiger partial charge is 0.324 e. The van der Waals surface area contributed by atoms with E-state index < -0.39 is 0 Å². The molecular weight excluding hydrogens is 204 g/mol. The average molecular weight is 219 g/mol. The van der Waals surface area contributed by atoms with Gasteiger partial charge in [0.25, 0.3) is 0 Å². The molecule has 0 aliphatic heterocycles. The van der Waals surface area contributed by atoms with Crippen molar-refractivity contribution in [1.29, 1.82) is 0 Å². The third-order valence-electron chi connectivity index (χ3n) is 1.91.